The van der Waals surface area contributed by atoms with Crippen molar-refractivity contribution in [3.05, 3.63) is 52.9 Å². The van der Waals surface area contributed by atoms with Crippen molar-refractivity contribution in [2.75, 3.05) is 13.7 Å². The number of aromatic hydroxyl groups is 1. The summed E-state index contributed by atoms with van der Waals surface area (Å²) in [6.07, 6.45) is 0. The highest BCUT2D eigenvalue weighted by Crippen LogP contribution is 2.38. The van der Waals surface area contributed by atoms with Crippen LogP contribution in [-0.2, 0) is 11.3 Å². The minimum absolute atomic E-state index is 0.0851. The summed E-state index contributed by atoms with van der Waals surface area (Å²) in [5, 5.41) is 14.1. The Balaban J connectivity index is 1.76. The predicted octanol–water partition coefficient (Wildman–Crippen LogP) is 3.86. The Labute approximate surface area is 165 Å². The molecule has 8 nitrogen and oxygen atoms in total. The van der Waals surface area contributed by atoms with Crippen molar-refractivity contribution in [3.63, 3.8) is 0 Å². The summed E-state index contributed by atoms with van der Waals surface area (Å²) in [4.78, 5) is 15.6. The number of ether oxygens (including phenoxy) is 3. The molecular formula is C19H17ClN2O6. The van der Waals surface area contributed by atoms with Gasteiger partial charge in [-0.1, -0.05) is 28.9 Å². The van der Waals surface area contributed by atoms with Gasteiger partial charge in [0, 0.05) is 5.56 Å². The van der Waals surface area contributed by atoms with Crippen LogP contribution in [0.5, 0.6) is 17.2 Å². The van der Waals surface area contributed by atoms with E-state index in [2.05, 4.69) is 10.1 Å². The second-order valence-corrected chi connectivity index (χ2v) is 5.99. The van der Waals surface area contributed by atoms with Crippen molar-refractivity contribution in [1.29, 1.82) is 0 Å². The fourth-order valence-corrected chi connectivity index (χ4v) is 2.61. The lowest BCUT2D eigenvalue weighted by molar-refractivity contribution is 0.0470. The first kappa shape index (κ1) is 19.5. The number of hydrogen-bond acceptors (Lipinski definition) is 8. The van der Waals surface area contributed by atoms with Crippen molar-refractivity contribution >= 4 is 17.6 Å². The molecular weight excluding hydrogens is 388 g/mol. The van der Waals surface area contributed by atoms with Gasteiger partial charge in [0.2, 0.25) is 5.82 Å². The molecule has 1 N–H and O–H groups in total. The van der Waals surface area contributed by atoms with E-state index in [0.29, 0.717) is 5.56 Å². The highest BCUT2D eigenvalue weighted by Gasteiger charge is 2.19. The summed E-state index contributed by atoms with van der Waals surface area (Å²) in [7, 11) is 1.59. The van der Waals surface area contributed by atoms with Crippen molar-refractivity contribution in [2.45, 2.75) is 13.5 Å². The molecule has 2 aromatic carbocycles. The van der Waals surface area contributed by atoms with Crippen LogP contribution in [0.15, 0.2) is 40.9 Å². The van der Waals surface area contributed by atoms with E-state index in [1.807, 2.05) is 12.1 Å². The molecule has 0 aliphatic carbocycles. The zero-order chi connectivity index (χ0) is 20.1. The molecule has 0 aliphatic heterocycles. The van der Waals surface area contributed by atoms with Crippen LogP contribution in [0.1, 0.15) is 23.2 Å². The highest BCUT2D eigenvalue weighted by molar-refractivity contribution is 6.32. The maximum Gasteiger partial charge on any atom is 0.397 e. The summed E-state index contributed by atoms with van der Waals surface area (Å²) >= 11 is 6.23. The van der Waals surface area contributed by atoms with Gasteiger partial charge in [-0.25, -0.2) is 4.79 Å². The molecule has 1 aromatic heterocycles. The third-order valence-electron chi connectivity index (χ3n) is 3.70. The van der Waals surface area contributed by atoms with Crippen molar-refractivity contribution in [2.24, 2.45) is 0 Å². The van der Waals surface area contributed by atoms with Crippen LogP contribution in [0.3, 0.4) is 0 Å². The van der Waals surface area contributed by atoms with Crippen LogP contribution in [0, 0.1) is 0 Å². The maximum atomic E-state index is 11.6. The van der Waals surface area contributed by atoms with Gasteiger partial charge in [-0.05, 0) is 36.8 Å². The molecule has 0 unspecified atom stereocenters. The molecule has 3 aromatic rings. The van der Waals surface area contributed by atoms with Gasteiger partial charge in [0.25, 0.3) is 0 Å². The topological polar surface area (TPSA) is 104 Å². The molecule has 0 saturated heterocycles. The number of rotatable bonds is 7. The first-order valence-electron chi connectivity index (χ1n) is 8.31. The van der Waals surface area contributed by atoms with Gasteiger partial charge in [0.05, 0.1) is 18.7 Å². The number of phenols is 1. The summed E-state index contributed by atoms with van der Waals surface area (Å²) in [6, 6.07) is 10.2. The zero-order valence-electron chi connectivity index (χ0n) is 15.1. The highest BCUT2D eigenvalue weighted by atomic mass is 35.5. The molecule has 0 fully saturated rings. The van der Waals surface area contributed by atoms with Crippen LogP contribution in [0.25, 0.3) is 11.4 Å². The Morgan fingerprint density at radius 2 is 2.00 bits per heavy atom. The molecule has 0 spiro atoms. The number of methoxy groups -OCH3 is 1. The number of halogens is 1. The van der Waals surface area contributed by atoms with Gasteiger partial charge in [0.15, 0.2) is 11.5 Å². The molecule has 146 valence electrons. The standard InChI is InChI=1S/C19H17ClN2O6/c1-3-26-19(24)18-21-17(22-28-18)12-8-14(20)16(15(23)9-12)27-10-11-4-6-13(25-2)7-5-11/h4-9,23H,3,10H2,1-2H3. The summed E-state index contributed by atoms with van der Waals surface area (Å²) in [5.74, 6) is -0.268. The number of nitrogens with zero attached hydrogens (tertiary/aromatic N) is 2. The molecule has 0 atom stereocenters. The Bertz CT molecular complexity index is 948. The average molecular weight is 405 g/mol. The third kappa shape index (κ3) is 4.34. The van der Waals surface area contributed by atoms with E-state index in [4.69, 9.17) is 30.3 Å². The SMILES string of the molecule is CCOC(=O)c1nc(-c2cc(O)c(OCc3ccc(OC)cc3)c(Cl)c2)no1. The van der Waals surface area contributed by atoms with E-state index in [1.165, 1.54) is 12.1 Å². The van der Waals surface area contributed by atoms with Gasteiger partial charge in [0.1, 0.15) is 12.4 Å². The monoisotopic (exact) mass is 404 g/mol. The quantitative estimate of drug-likeness (QED) is 0.592. The Morgan fingerprint density at radius 1 is 1.25 bits per heavy atom. The predicted molar refractivity (Wildman–Crippen MR) is 99.7 cm³/mol. The van der Waals surface area contributed by atoms with Crippen molar-refractivity contribution < 1.29 is 28.6 Å². The molecule has 28 heavy (non-hydrogen) atoms. The second kappa shape index (κ2) is 8.62. The van der Waals surface area contributed by atoms with Crippen molar-refractivity contribution in [3.8, 4) is 28.6 Å². The Morgan fingerprint density at radius 3 is 2.64 bits per heavy atom. The second-order valence-electron chi connectivity index (χ2n) is 5.59. The summed E-state index contributed by atoms with van der Waals surface area (Å²) in [6.45, 7) is 2.05. The summed E-state index contributed by atoms with van der Waals surface area (Å²) in [5.41, 5.74) is 1.23. The largest absolute Gasteiger partial charge is 0.504 e. The fourth-order valence-electron chi connectivity index (χ4n) is 2.34. The number of aromatic nitrogens is 2. The third-order valence-corrected chi connectivity index (χ3v) is 3.98. The number of benzene rings is 2. The van der Waals surface area contributed by atoms with Crippen LogP contribution in [0.4, 0.5) is 0 Å². The van der Waals surface area contributed by atoms with E-state index in [1.54, 1.807) is 26.2 Å². The first-order chi connectivity index (χ1) is 13.5. The van der Waals surface area contributed by atoms with Crippen molar-refractivity contribution in [1.82, 2.24) is 10.1 Å². The molecule has 0 amide bonds. The lowest BCUT2D eigenvalue weighted by Crippen LogP contribution is -2.04. The summed E-state index contributed by atoms with van der Waals surface area (Å²) < 4.78 is 20.4. The van der Waals surface area contributed by atoms with Gasteiger partial charge in [-0.3, -0.25) is 0 Å². The van der Waals surface area contributed by atoms with Crippen LogP contribution in [-0.4, -0.2) is 34.9 Å². The van der Waals surface area contributed by atoms with Crippen LogP contribution >= 0.6 is 11.6 Å². The van der Waals surface area contributed by atoms with E-state index < -0.39 is 5.97 Å². The number of phenolic OH excluding ortho intramolecular Hbond substituents is 1. The van der Waals surface area contributed by atoms with Crippen LogP contribution < -0.4 is 9.47 Å². The maximum absolute atomic E-state index is 11.6. The molecule has 1 heterocycles. The minimum atomic E-state index is -0.726. The van der Waals surface area contributed by atoms with Gasteiger partial charge >= 0.3 is 11.9 Å². The van der Waals surface area contributed by atoms with Crippen LogP contribution in [0.2, 0.25) is 5.02 Å². The Kier molecular flexibility index (Phi) is 6.00. The van der Waals surface area contributed by atoms with Gasteiger partial charge < -0.3 is 23.8 Å². The molecule has 0 bridgehead atoms. The number of carbonyl (C=O) groups excluding carboxylic acids is 1. The molecule has 3 rings (SSSR count). The van der Waals surface area contributed by atoms with E-state index in [-0.39, 0.29) is 41.5 Å². The molecule has 0 radical (unpaired) electrons. The van der Waals surface area contributed by atoms with E-state index in [0.717, 1.165) is 11.3 Å². The smallest absolute Gasteiger partial charge is 0.397 e. The normalized spacial score (nSPS) is 10.5. The fraction of sp³-hybridized carbons (Fsp3) is 0.211. The molecule has 9 heteroatoms. The number of carbonyl (C=O) groups is 1. The lowest BCUT2D eigenvalue weighted by atomic mass is 10.2. The van der Waals surface area contributed by atoms with Gasteiger partial charge in [-0.15, -0.1) is 0 Å². The zero-order valence-corrected chi connectivity index (χ0v) is 15.9. The molecule has 0 saturated carbocycles. The van der Waals surface area contributed by atoms with Gasteiger partial charge in [-0.2, -0.15) is 4.98 Å². The Hall–Kier alpha value is -3.26. The molecule has 0 aliphatic rings. The number of esters is 1. The first-order valence-corrected chi connectivity index (χ1v) is 8.69. The minimum Gasteiger partial charge on any atom is -0.504 e. The average Bonchev–Trinajstić information content (AvgIpc) is 3.18. The van der Waals surface area contributed by atoms with E-state index >= 15 is 0 Å². The van der Waals surface area contributed by atoms with E-state index in [9.17, 15) is 9.90 Å². The number of hydrogen-bond donors (Lipinski definition) is 1. The lowest BCUT2D eigenvalue weighted by Gasteiger charge is -2.11.